The third kappa shape index (κ3) is 6.53. The van der Waals surface area contributed by atoms with E-state index in [0.29, 0.717) is 42.2 Å². The molecule has 1 aromatic carbocycles. The second kappa shape index (κ2) is 11.7. The molecule has 2 aliphatic rings. The molecule has 3 aromatic rings. The Morgan fingerprint density at radius 3 is 2.68 bits per heavy atom. The average molecular weight is 501 g/mol. The van der Waals surface area contributed by atoms with Crippen molar-refractivity contribution in [3.63, 3.8) is 0 Å². The summed E-state index contributed by atoms with van der Waals surface area (Å²) in [5.74, 6) is 1.50. The highest BCUT2D eigenvalue weighted by Crippen LogP contribution is 2.24. The van der Waals surface area contributed by atoms with Crippen molar-refractivity contribution in [1.29, 1.82) is 0 Å². The lowest BCUT2D eigenvalue weighted by Gasteiger charge is -2.34. The molecule has 5 rings (SSSR count). The number of carbonyl (C=O) groups excluding carboxylic acids is 1. The number of rotatable bonds is 3. The zero-order valence-electron chi connectivity index (χ0n) is 21.0. The van der Waals surface area contributed by atoms with Gasteiger partial charge in [-0.1, -0.05) is 18.2 Å². The van der Waals surface area contributed by atoms with Gasteiger partial charge in [0.1, 0.15) is 17.2 Å². The quantitative estimate of drug-likeness (QED) is 0.465. The maximum absolute atomic E-state index is 12.9. The first kappa shape index (κ1) is 24.5. The van der Waals surface area contributed by atoms with Gasteiger partial charge in [-0.2, -0.15) is 9.97 Å². The van der Waals surface area contributed by atoms with Gasteiger partial charge in [0.2, 0.25) is 11.8 Å². The second-order valence-corrected chi connectivity index (χ2v) is 9.08. The molecule has 1 saturated heterocycles. The fourth-order valence-corrected chi connectivity index (χ4v) is 4.16. The minimum Gasteiger partial charge on any atom is -0.478 e. The van der Waals surface area contributed by atoms with Gasteiger partial charge in [-0.05, 0) is 50.2 Å². The van der Waals surface area contributed by atoms with Gasteiger partial charge in [-0.3, -0.25) is 4.79 Å². The summed E-state index contributed by atoms with van der Waals surface area (Å²) in [6.45, 7) is 5.13. The van der Waals surface area contributed by atoms with Crippen LogP contribution in [-0.4, -0.2) is 72.1 Å². The Balaban J connectivity index is 1.36. The van der Waals surface area contributed by atoms with Gasteiger partial charge < -0.3 is 30.5 Å². The molecule has 3 N–H and O–H groups in total. The molecule has 2 aliphatic heterocycles. The Bertz CT molecular complexity index is 1240. The maximum atomic E-state index is 12.9. The predicted molar refractivity (Wildman–Crippen MR) is 145 cm³/mol. The van der Waals surface area contributed by atoms with Gasteiger partial charge >= 0.3 is 0 Å². The number of likely N-dealkylation sites (N-methyl/N-ethyl adjacent to an activating group) is 1. The fraction of sp³-hybridized carbons (Fsp3) is 0.333. The molecule has 0 radical (unpaired) electrons. The van der Waals surface area contributed by atoms with Crippen molar-refractivity contribution in [3.05, 3.63) is 66.4 Å². The van der Waals surface area contributed by atoms with Crippen LogP contribution in [0.4, 0.5) is 29.0 Å². The van der Waals surface area contributed by atoms with Crippen molar-refractivity contribution in [2.24, 2.45) is 0 Å². The Labute approximate surface area is 216 Å². The maximum Gasteiger partial charge on any atom is 0.256 e. The summed E-state index contributed by atoms with van der Waals surface area (Å²) in [5, 5.41) is 9.32. The van der Waals surface area contributed by atoms with Gasteiger partial charge in [-0.25, -0.2) is 4.98 Å². The number of hydrogen-bond acceptors (Lipinski definition) is 9. The number of carbonyl (C=O) groups is 1. The van der Waals surface area contributed by atoms with Crippen LogP contribution in [0, 0.1) is 0 Å². The van der Waals surface area contributed by atoms with Gasteiger partial charge in [0.25, 0.3) is 5.91 Å². The first-order valence-electron chi connectivity index (χ1n) is 12.6. The third-order valence-corrected chi connectivity index (χ3v) is 6.31. The molecule has 192 valence electrons. The van der Waals surface area contributed by atoms with E-state index in [9.17, 15) is 4.79 Å². The monoisotopic (exact) mass is 500 g/mol. The highest BCUT2D eigenvalue weighted by Gasteiger charge is 2.17. The predicted octanol–water partition coefficient (Wildman–Crippen LogP) is 3.57. The van der Waals surface area contributed by atoms with Crippen molar-refractivity contribution in [2.45, 2.75) is 12.8 Å². The van der Waals surface area contributed by atoms with Crippen LogP contribution in [0.25, 0.3) is 0 Å². The third-order valence-electron chi connectivity index (χ3n) is 6.31. The molecular weight excluding hydrogens is 468 g/mol. The molecule has 1 fully saturated rings. The first-order valence-corrected chi connectivity index (χ1v) is 12.6. The number of anilines is 5. The van der Waals surface area contributed by atoms with E-state index in [-0.39, 0.29) is 5.91 Å². The number of piperazine rings is 1. The van der Waals surface area contributed by atoms with Crippen LogP contribution < -0.4 is 25.6 Å². The van der Waals surface area contributed by atoms with Crippen molar-refractivity contribution < 1.29 is 9.53 Å². The van der Waals surface area contributed by atoms with E-state index in [2.05, 4.69) is 59.9 Å². The molecule has 10 nitrogen and oxygen atoms in total. The average Bonchev–Trinajstić information content (AvgIpc) is 2.91. The Morgan fingerprint density at radius 2 is 1.84 bits per heavy atom. The summed E-state index contributed by atoms with van der Waals surface area (Å²) in [5.41, 5.74) is 2.38. The van der Waals surface area contributed by atoms with Crippen LogP contribution in [0.2, 0.25) is 0 Å². The van der Waals surface area contributed by atoms with Crippen molar-refractivity contribution in [3.8, 4) is 5.88 Å². The molecule has 37 heavy (non-hydrogen) atoms. The molecule has 2 aromatic heterocycles. The number of fused-ring (bicyclic) bond motifs is 3. The number of amides is 1. The number of ether oxygens (including phenoxy) is 1. The van der Waals surface area contributed by atoms with Crippen molar-refractivity contribution >= 4 is 34.9 Å². The minimum atomic E-state index is -0.266. The molecule has 2 bridgehead atoms. The number of aromatic nitrogens is 3. The summed E-state index contributed by atoms with van der Waals surface area (Å²) in [4.78, 5) is 31.2. The van der Waals surface area contributed by atoms with Crippen molar-refractivity contribution in [1.82, 2.24) is 25.2 Å². The summed E-state index contributed by atoms with van der Waals surface area (Å²) in [6, 6.07) is 13.7. The molecule has 10 heteroatoms. The van der Waals surface area contributed by atoms with Crippen LogP contribution in [0.15, 0.2) is 60.8 Å². The summed E-state index contributed by atoms with van der Waals surface area (Å²) in [7, 11) is 2.15. The van der Waals surface area contributed by atoms with E-state index in [1.165, 1.54) is 11.9 Å². The highest BCUT2D eigenvalue weighted by atomic mass is 16.5. The lowest BCUT2D eigenvalue weighted by molar-refractivity contribution is 0.0958. The van der Waals surface area contributed by atoms with Crippen LogP contribution in [0.3, 0.4) is 0 Å². The lowest BCUT2D eigenvalue weighted by Crippen LogP contribution is -2.44. The minimum absolute atomic E-state index is 0.266. The van der Waals surface area contributed by atoms with E-state index >= 15 is 0 Å². The Kier molecular flexibility index (Phi) is 7.75. The van der Waals surface area contributed by atoms with E-state index in [1.807, 2.05) is 36.4 Å². The first-order chi connectivity index (χ1) is 18.1. The number of pyridine rings is 1. The van der Waals surface area contributed by atoms with Gasteiger partial charge in [-0.15, -0.1) is 0 Å². The molecule has 0 spiro atoms. The van der Waals surface area contributed by atoms with Gasteiger partial charge in [0.05, 0.1) is 6.61 Å². The molecule has 1 amide bonds. The highest BCUT2D eigenvalue weighted by molar-refractivity contribution is 5.99. The molecule has 0 atom stereocenters. The summed E-state index contributed by atoms with van der Waals surface area (Å²) in [6.07, 6.45) is 7.21. The molecule has 0 saturated carbocycles. The summed E-state index contributed by atoms with van der Waals surface area (Å²) < 4.78 is 5.77. The van der Waals surface area contributed by atoms with Crippen molar-refractivity contribution in [2.75, 3.05) is 61.9 Å². The van der Waals surface area contributed by atoms with Gasteiger partial charge in [0, 0.05) is 56.4 Å². The number of allylic oxidation sites excluding steroid dienone is 1. The van der Waals surface area contributed by atoms with Crippen LogP contribution in [0.1, 0.15) is 23.2 Å². The lowest BCUT2D eigenvalue weighted by atomic mass is 10.2. The molecule has 4 heterocycles. The van der Waals surface area contributed by atoms with Crippen LogP contribution in [0.5, 0.6) is 5.88 Å². The molecule has 0 unspecified atom stereocenters. The Morgan fingerprint density at radius 1 is 1.00 bits per heavy atom. The van der Waals surface area contributed by atoms with Crippen LogP contribution in [-0.2, 0) is 0 Å². The zero-order chi connectivity index (χ0) is 25.5. The zero-order valence-corrected chi connectivity index (χ0v) is 21.0. The van der Waals surface area contributed by atoms with E-state index in [0.717, 1.165) is 44.7 Å². The normalized spacial score (nSPS) is 17.8. The standard InChI is InChI=1S/C27H32N8O2/c1-34-14-16-35(17-15-34)21-11-9-20(10-12-21)30-27-29-19-22-25(33-27)32-23-7-6-8-24(31-23)37-18-5-3-2-4-13-28-26(22)36/h2,4,6-12,19H,3,5,13-18H2,1H3,(H,28,36)(H2,29,30,31,32,33)/b4-2+. The molecule has 0 aliphatic carbocycles. The van der Waals surface area contributed by atoms with E-state index < -0.39 is 0 Å². The fourth-order valence-electron chi connectivity index (χ4n) is 4.16. The van der Waals surface area contributed by atoms with E-state index in [1.54, 1.807) is 6.07 Å². The number of nitrogens with one attached hydrogen (secondary N) is 3. The van der Waals surface area contributed by atoms with Gasteiger partial charge in [0.15, 0.2) is 0 Å². The summed E-state index contributed by atoms with van der Waals surface area (Å²) >= 11 is 0. The SMILES string of the molecule is CN1CCN(c2ccc(Nc3ncc4c(n3)Nc3cccc(n3)OCCC/C=C/CNC4=O)cc2)CC1. The Hall–Kier alpha value is -4.18. The van der Waals surface area contributed by atoms with Crippen LogP contribution >= 0.6 is 0 Å². The largest absolute Gasteiger partial charge is 0.478 e. The van der Waals surface area contributed by atoms with E-state index in [4.69, 9.17) is 4.74 Å². The number of hydrogen-bond donors (Lipinski definition) is 3. The second-order valence-electron chi connectivity index (χ2n) is 9.08. The number of benzene rings is 1. The topological polar surface area (TPSA) is 108 Å². The smallest absolute Gasteiger partial charge is 0.256 e. The number of nitrogens with zero attached hydrogens (tertiary/aromatic N) is 5. The molecular formula is C27H32N8O2.